The molecule has 2 heterocycles. The molecule has 0 aliphatic carbocycles. The van der Waals surface area contributed by atoms with Crippen LogP contribution >= 0.6 is 0 Å². The summed E-state index contributed by atoms with van der Waals surface area (Å²) in [6.45, 7) is 0. The highest BCUT2D eigenvalue weighted by atomic mass is 16.4. The van der Waals surface area contributed by atoms with Gasteiger partial charge >= 0.3 is 5.97 Å². The molecule has 0 fully saturated rings. The SMILES string of the molecule is O=C(O)c1ccc(-n2cnnn2)cc1-n1cccn1. The zero-order valence-corrected chi connectivity index (χ0v) is 9.58. The van der Waals surface area contributed by atoms with Crippen LogP contribution in [0.1, 0.15) is 10.4 Å². The fourth-order valence-corrected chi connectivity index (χ4v) is 1.72. The van der Waals surface area contributed by atoms with Gasteiger partial charge in [0.15, 0.2) is 0 Å². The van der Waals surface area contributed by atoms with Crippen molar-refractivity contribution in [2.24, 2.45) is 0 Å². The van der Waals surface area contributed by atoms with E-state index >= 15 is 0 Å². The minimum Gasteiger partial charge on any atom is -0.478 e. The summed E-state index contributed by atoms with van der Waals surface area (Å²) in [5.74, 6) is -1.02. The Morgan fingerprint density at radius 1 is 1.26 bits per heavy atom. The molecular weight excluding hydrogens is 248 g/mol. The van der Waals surface area contributed by atoms with Gasteiger partial charge in [0.2, 0.25) is 0 Å². The van der Waals surface area contributed by atoms with E-state index in [0.29, 0.717) is 11.4 Å². The molecule has 0 unspecified atom stereocenters. The van der Waals surface area contributed by atoms with Crippen molar-refractivity contribution in [3.63, 3.8) is 0 Å². The van der Waals surface area contributed by atoms with Gasteiger partial charge in [0, 0.05) is 12.4 Å². The Hall–Kier alpha value is -3.03. The highest BCUT2D eigenvalue weighted by molar-refractivity contribution is 5.92. The van der Waals surface area contributed by atoms with Gasteiger partial charge in [-0.15, -0.1) is 5.10 Å². The molecule has 1 N–H and O–H groups in total. The van der Waals surface area contributed by atoms with Crippen LogP contribution in [0.25, 0.3) is 11.4 Å². The standard InChI is InChI=1S/C11H8N6O2/c18-11(19)9-3-2-8(17-7-12-14-15-17)6-10(9)16-5-1-4-13-16/h1-7H,(H,18,19). The van der Waals surface area contributed by atoms with E-state index in [1.54, 1.807) is 30.6 Å². The number of hydrogen-bond donors (Lipinski definition) is 1. The molecule has 0 radical (unpaired) electrons. The predicted molar refractivity (Wildman–Crippen MR) is 63.2 cm³/mol. The second-order valence-corrected chi connectivity index (χ2v) is 3.71. The molecule has 0 atom stereocenters. The molecule has 19 heavy (non-hydrogen) atoms. The van der Waals surface area contributed by atoms with Crippen LogP contribution in [-0.2, 0) is 0 Å². The van der Waals surface area contributed by atoms with Crippen LogP contribution in [0.3, 0.4) is 0 Å². The van der Waals surface area contributed by atoms with Gasteiger partial charge in [-0.3, -0.25) is 0 Å². The normalized spacial score (nSPS) is 10.5. The van der Waals surface area contributed by atoms with Gasteiger partial charge in [-0.25, -0.2) is 14.2 Å². The molecule has 0 saturated carbocycles. The van der Waals surface area contributed by atoms with Crippen molar-refractivity contribution in [1.29, 1.82) is 0 Å². The van der Waals surface area contributed by atoms with Gasteiger partial charge in [0.25, 0.3) is 0 Å². The summed E-state index contributed by atoms with van der Waals surface area (Å²) >= 11 is 0. The van der Waals surface area contributed by atoms with Crippen LogP contribution in [-0.4, -0.2) is 41.1 Å². The van der Waals surface area contributed by atoms with Crippen LogP contribution < -0.4 is 0 Å². The topological polar surface area (TPSA) is 98.7 Å². The first-order valence-electron chi connectivity index (χ1n) is 5.36. The molecule has 3 rings (SSSR count). The van der Waals surface area contributed by atoms with Crippen molar-refractivity contribution in [1.82, 2.24) is 30.0 Å². The Kier molecular flexibility index (Phi) is 2.53. The molecule has 0 aliphatic heterocycles. The lowest BCUT2D eigenvalue weighted by molar-refractivity contribution is 0.0696. The first-order valence-corrected chi connectivity index (χ1v) is 5.36. The molecule has 0 saturated heterocycles. The van der Waals surface area contributed by atoms with Gasteiger partial charge in [0.1, 0.15) is 6.33 Å². The number of rotatable bonds is 3. The van der Waals surface area contributed by atoms with Crippen LogP contribution in [0, 0.1) is 0 Å². The minimum atomic E-state index is -1.02. The third-order valence-corrected chi connectivity index (χ3v) is 2.58. The third-order valence-electron chi connectivity index (χ3n) is 2.58. The van der Waals surface area contributed by atoms with E-state index < -0.39 is 5.97 Å². The maximum Gasteiger partial charge on any atom is 0.337 e. The molecule has 0 spiro atoms. The second kappa shape index (κ2) is 4.33. The van der Waals surface area contributed by atoms with Crippen molar-refractivity contribution < 1.29 is 9.90 Å². The van der Waals surface area contributed by atoms with Crippen molar-refractivity contribution >= 4 is 5.97 Å². The Morgan fingerprint density at radius 3 is 2.79 bits per heavy atom. The Bertz CT molecular complexity index is 705. The van der Waals surface area contributed by atoms with Gasteiger partial charge in [-0.1, -0.05) is 0 Å². The van der Waals surface area contributed by atoms with Crippen molar-refractivity contribution in [3.8, 4) is 11.4 Å². The van der Waals surface area contributed by atoms with Crippen molar-refractivity contribution in [2.75, 3.05) is 0 Å². The van der Waals surface area contributed by atoms with E-state index in [2.05, 4.69) is 20.6 Å². The lowest BCUT2D eigenvalue weighted by atomic mass is 10.1. The fraction of sp³-hybridized carbons (Fsp3) is 0. The number of nitrogens with zero attached hydrogens (tertiary/aromatic N) is 6. The highest BCUT2D eigenvalue weighted by Crippen LogP contribution is 2.18. The van der Waals surface area contributed by atoms with E-state index in [4.69, 9.17) is 0 Å². The lowest BCUT2D eigenvalue weighted by Crippen LogP contribution is -2.07. The summed E-state index contributed by atoms with van der Waals surface area (Å²) in [7, 11) is 0. The molecular formula is C11H8N6O2. The minimum absolute atomic E-state index is 0.153. The van der Waals surface area contributed by atoms with Gasteiger partial charge < -0.3 is 5.11 Å². The largest absolute Gasteiger partial charge is 0.478 e. The maximum atomic E-state index is 11.2. The highest BCUT2D eigenvalue weighted by Gasteiger charge is 2.13. The molecule has 2 aromatic heterocycles. The number of aromatic carboxylic acids is 1. The predicted octanol–water partition coefficient (Wildman–Crippen LogP) is 0.546. The molecule has 0 aliphatic rings. The van der Waals surface area contributed by atoms with Gasteiger partial charge in [-0.05, 0) is 34.7 Å². The third kappa shape index (κ3) is 1.95. The summed E-state index contributed by atoms with van der Waals surface area (Å²) in [6.07, 6.45) is 4.68. The molecule has 1 aromatic carbocycles. The number of aromatic nitrogens is 6. The number of carboxylic acid groups (broad SMARTS) is 1. The van der Waals surface area contributed by atoms with Crippen LogP contribution in [0.2, 0.25) is 0 Å². The number of carbonyl (C=O) groups is 1. The average molecular weight is 256 g/mol. The van der Waals surface area contributed by atoms with E-state index in [-0.39, 0.29) is 5.56 Å². The van der Waals surface area contributed by atoms with Crippen LogP contribution in [0.4, 0.5) is 0 Å². The summed E-state index contributed by atoms with van der Waals surface area (Å²) in [5, 5.41) is 24.1. The Labute approximate surface area is 106 Å². The number of carboxylic acids is 1. The molecule has 8 heteroatoms. The monoisotopic (exact) mass is 256 g/mol. The van der Waals surface area contributed by atoms with Crippen molar-refractivity contribution in [2.45, 2.75) is 0 Å². The zero-order chi connectivity index (χ0) is 13.2. The fourth-order valence-electron chi connectivity index (χ4n) is 1.72. The number of benzene rings is 1. The van der Waals surface area contributed by atoms with E-state index in [1.165, 1.54) is 21.8 Å². The first-order chi connectivity index (χ1) is 9.25. The Balaban J connectivity index is 2.18. The van der Waals surface area contributed by atoms with Gasteiger partial charge in [-0.2, -0.15) is 5.10 Å². The average Bonchev–Trinajstić information content (AvgIpc) is 3.11. The summed E-state index contributed by atoms with van der Waals surface area (Å²) < 4.78 is 2.93. The lowest BCUT2D eigenvalue weighted by Gasteiger charge is -2.08. The first kappa shape index (κ1) is 11.1. The number of hydrogen-bond acceptors (Lipinski definition) is 5. The molecule has 94 valence electrons. The van der Waals surface area contributed by atoms with Gasteiger partial charge in [0.05, 0.1) is 16.9 Å². The zero-order valence-electron chi connectivity index (χ0n) is 9.58. The van der Waals surface area contributed by atoms with Crippen molar-refractivity contribution in [3.05, 3.63) is 48.5 Å². The van der Waals surface area contributed by atoms with E-state index in [1.807, 2.05) is 0 Å². The van der Waals surface area contributed by atoms with Crippen LogP contribution in [0.5, 0.6) is 0 Å². The Morgan fingerprint density at radius 2 is 2.16 bits per heavy atom. The van der Waals surface area contributed by atoms with E-state index in [0.717, 1.165) is 0 Å². The summed E-state index contributed by atoms with van der Waals surface area (Å²) in [6, 6.07) is 6.51. The second-order valence-electron chi connectivity index (χ2n) is 3.71. The quantitative estimate of drug-likeness (QED) is 0.734. The number of tetrazole rings is 1. The van der Waals surface area contributed by atoms with E-state index in [9.17, 15) is 9.90 Å². The molecule has 0 bridgehead atoms. The molecule has 3 aromatic rings. The summed E-state index contributed by atoms with van der Waals surface area (Å²) in [4.78, 5) is 11.2. The van der Waals surface area contributed by atoms with Crippen LogP contribution in [0.15, 0.2) is 43.0 Å². The molecule has 0 amide bonds. The molecule has 8 nitrogen and oxygen atoms in total. The smallest absolute Gasteiger partial charge is 0.337 e. The maximum absolute atomic E-state index is 11.2. The summed E-state index contributed by atoms with van der Waals surface area (Å²) in [5.41, 5.74) is 1.26.